The highest BCUT2D eigenvalue weighted by Gasteiger charge is 2.13. The predicted molar refractivity (Wildman–Crippen MR) is 193 cm³/mol. The van der Waals surface area contributed by atoms with Crippen LogP contribution in [0.4, 0.5) is 11.6 Å². The van der Waals surface area contributed by atoms with Gasteiger partial charge >= 0.3 is 0 Å². The fourth-order valence-corrected chi connectivity index (χ4v) is 4.92. The molecule has 4 heterocycles. The van der Waals surface area contributed by atoms with Gasteiger partial charge in [0.2, 0.25) is 10.6 Å². The highest BCUT2D eigenvalue weighted by molar-refractivity contribution is 6.29. The molecule has 49 heavy (non-hydrogen) atoms. The summed E-state index contributed by atoms with van der Waals surface area (Å²) >= 11 is 11.8. The van der Waals surface area contributed by atoms with Gasteiger partial charge in [-0.25, -0.2) is 19.9 Å². The van der Waals surface area contributed by atoms with E-state index in [1.807, 2.05) is 42.5 Å². The largest absolute Gasteiger partial charge is 0.493 e. The second kappa shape index (κ2) is 18.3. The standard InChI is InChI=1S/C17H17ClN4O2.C10H10ClN3O2.C7H10N2/c1-23-14-9-12-13(10-15(14)24-2)21-17(18)22-16(12)20-8-6-11-5-3-4-7-19-11;1-15-7-3-5-6(4-8(7)16-2)13-10(11)14-9(5)12;8-5-4-7-3-1-2-6-9-7/h3-5,7,9-10H,6,8H2,1-2H3,(H,20,21,22);3-4H,1-2H3,(H2,12,13,14);1-3,6H,4-5,8H2. The van der Waals surface area contributed by atoms with Gasteiger partial charge in [0.15, 0.2) is 23.0 Å². The van der Waals surface area contributed by atoms with Crippen molar-refractivity contribution in [2.45, 2.75) is 12.8 Å². The van der Waals surface area contributed by atoms with E-state index in [9.17, 15) is 0 Å². The number of aromatic nitrogens is 6. The summed E-state index contributed by atoms with van der Waals surface area (Å²) < 4.78 is 21.0. The van der Waals surface area contributed by atoms with Gasteiger partial charge in [0, 0.05) is 66.1 Å². The van der Waals surface area contributed by atoms with Crippen LogP contribution in [-0.2, 0) is 12.8 Å². The summed E-state index contributed by atoms with van der Waals surface area (Å²) in [5, 5.41) is 5.08. The van der Waals surface area contributed by atoms with E-state index >= 15 is 0 Å². The Hall–Kier alpha value is -5.24. The zero-order valence-corrected chi connectivity index (χ0v) is 29.0. The molecule has 0 spiro atoms. The van der Waals surface area contributed by atoms with Crippen molar-refractivity contribution in [2.24, 2.45) is 5.73 Å². The van der Waals surface area contributed by atoms with Crippen LogP contribution in [0.1, 0.15) is 11.4 Å². The molecule has 0 aliphatic heterocycles. The fraction of sp³-hybridized carbons (Fsp3) is 0.235. The van der Waals surface area contributed by atoms with E-state index in [0.717, 1.165) is 29.6 Å². The number of pyridine rings is 2. The molecule has 6 aromatic rings. The Balaban J connectivity index is 0.000000185. The Morgan fingerprint density at radius 2 is 1.12 bits per heavy atom. The van der Waals surface area contributed by atoms with Crippen molar-refractivity contribution < 1.29 is 18.9 Å². The molecular formula is C34H37Cl2N9O4. The molecule has 256 valence electrons. The van der Waals surface area contributed by atoms with Crippen molar-refractivity contribution in [3.05, 3.63) is 95.0 Å². The minimum absolute atomic E-state index is 0.109. The van der Waals surface area contributed by atoms with Crippen LogP contribution < -0.4 is 35.7 Å². The number of halogens is 2. The van der Waals surface area contributed by atoms with Gasteiger partial charge < -0.3 is 35.7 Å². The first-order chi connectivity index (χ1) is 23.8. The van der Waals surface area contributed by atoms with E-state index in [4.69, 9.17) is 53.6 Å². The minimum atomic E-state index is 0.109. The van der Waals surface area contributed by atoms with Gasteiger partial charge in [-0.3, -0.25) is 9.97 Å². The molecule has 0 saturated carbocycles. The number of nitrogens with zero attached hydrogens (tertiary/aromatic N) is 6. The van der Waals surface area contributed by atoms with Gasteiger partial charge in [-0.15, -0.1) is 0 Å². The lowest BCUT2D eigenvalue weighted by Gasteiger charge is -2.12. The molecule has 2 aromatic carbocycles. The first-order valence-corrected chi connectivity index (χ1v) is 15.7. The quantitative estimate of drug-likeness (QED) is 0.145. The highest BCUT2D eigenvalue weighted by atomic mass is 35.5. The smallest absolute Gasteiger partial charge is 0.224 e. The maximum absolute atomic E-state index is 6.04. The molecule has 13 nitrogen and oxygen atoms in total. The van der Waals surface area contributed by atoms with Crippen molar-refractivity contribution in [3.8, 4) is 23.0 Å². The van der Waals surface area contributed by atoms with Crippen LogP contribution in [0.2, 0.25) is 10.6 Å². The van der Waals surface area contributed by atoms with Gasteiger partial charge in [-0.2, -0.15) is 0 Å². The number of nitrogen functional groups attached to an aromatic ring is 1. The summed E-state index contributed by atoms with van der Waals surface area (Å²) in [5.74, 6) is 3.33. The van der Waals surface area contributed by atoms with E-state index in [2.05, 4.69) is 35.2 Å². The third-order valence-electron chi connectivity index (χ3n) is 6.90. The molecule has 0 radical (unpaired) electrons. The number of ether oxygens (including phenoxy) is 4. The zero-order chi connectivity index (χ0) is 35.2. The monoisotopic (exact) mass is 705 g/mol. The number of nitrogens with two attached hydrogens (primary N) is 2. The molecule has 0 aliphatic rings. The Morgan fingerprint density at radius 3 is 1.63 bits per heavy atom. The second-order valence-electron chi connectivity index (χ2n) is 10.0. The summed E-state index contributed by atoms with van der Waals surface area (Å²) in [6.45, 7) is 1.35. The molecule has 0 amide bonds. The van der Waals surface area contributed by atoms with Gasteiger partial charge in [0.1, 0.15) is 11.6 Å². The molecule has 5 N–H and O–H groups in total. The van der Waals surface area contributed by atoms with E-state index in [0.29, 0.717) is 64.1 Å². The van der Waals surface area contributed by atoms with E-state index in [1.54, 1.807) is 59.0 Å². The van der Waals surface area contributed by atoms with Gasteiger partial charge in [0.05, 0.1) is 39.5 Å². The first kappa shape index (κ1) is 36.6. The van der Waals surface area contributed by atoms with Crippen molar-refractivity contribution in [1.29, 1.82) is 0 Å². The van der Waals surface area contributed by atoms with Crippen molar-refractivity contribution in [3.63, 3.8) is 0 Å². The average Bonchev–Trinajstić information content (AvgIpc) is 3.12. The van der Waals surface area contributed by atoms with Crippen LogP contribution in [0.25, 0.3) is 21.8 Å². The number of rotatable bonds is 10. The van der Waals surface area contributed by atoms with Crippen molar-refractivity contribution >= 4 is 56.6 Å². The fourth-order valence-electron chi connectivity index (χ4n) is 4.56. The number of anilines is 2. The molecule has 0 aliphatic carbocycles. The number of benzene rings is 2. The molecule has 6 rings (SSSR count). The van der Waals surface area contributed by atoms with Crippen LogP contribution in [0.15, 0.2) is 73.1 Å². The number of hydrogen-bond acceptors (Lipinski definition) is 13. The maximum Gasteiger partial charge on any atom is 0.224 e. The summed E-state index contributed by atoms with van der Waals surface area (Å²) in [7, 11) is 6.28. The first-order valence-electron chi connectivity index (χ1n) is 15.0. The zero-order valence-electron chi connectivity index (χ0n) is 27.5. The SMILES string of the molecule is COc1cc2nc(Cl)nc(N)c2cc1OC.COc1cc2nc(Cl)nc(NCCc3ccccn3)c2cc1OC.NCCc1ccccn1. The highest BCUT2D eigenvalue weighted by Crippen LogP contribution is 2.35. The lowest BCUT2D eigenvalue weighted by atomic mass is 10.2. The van der Waals surface area contributed by atoms with Gasteiger partial charge in [-0.05, 0) is 66.1 Å². The van der Waals surface area contributed by atoms with Crippen LogP contribution in [0.3, 0.4) is 0 Å². The number of nitrogens with one attached hydrogen (secondary N) is 1. The van der Waals surface area contributed by atoms with Crippen LogP contribution in [0, 0.1) is 0 Å². The summed E-state index contributed by atoms with van der Waals surface area (Å²) in [6, 6.07) is 18.8. The van der Waals surface area contributed by atoms with Crippen molar-refractivity contribution in [2.75, 3.05) is 52.6 Å². The van der Waals surface area contributed by atoms with Crippen molar-refractivity contribution in [1.82, 2.24) is 29.9 Å². The number of hydrogen-bond donors (Lipinski definition) is 3. The molecule has 0 bridgehead atoms. The Labute approximate surface area is 294 Å². The summed E-state index contributed by atoms with van der Waals surface area (Å²) in [4.78, 5) is 24.9. The molecule has 15 heteroatoms. The van der Waals surface area contributed by atoms with Gasteiger partial charge in [0.25, 0.3) is 0 Å². The second-order valence-corrected chi connectivity index (χ2v) is 10.7. The molecule has 0 saturated heterocycles. The van der Waals surface area contributed by atoms with Crippen LogP contribution >= 0.6 is 23.2 Å². The summed E-state index contributed by atoms with van der Waals surface area (Å²) in [6.07, 6.45) is 5.21. The normalized spacial score (nSPS) is 10.3. The number of fused-ring (bicyclic) bond motifs is 2. The summed E-state index contributed by atoms with van der Waals surface area (Å²) in [5.41, 5.74) is 14.4. The topological polar surface area (TPSA) is 178 Å². The van der Waals surface area contributed by atoms with Gasteiger partial charge in [-0.1, -0.05) is 12.1 Å². The number of methoxy groups -OCH3 is 4. The van der Waals surface area contributed by atoms with E-state index in [-0.39, 0.29) is 10.6 Å². The average molecular weight is 707 g/mol. The van der Waals surface area contributed by atoms with Crippen LogP contribution in [0.5, 0.6) is 23.0 Å². The van der Waals surface area contributed by atoms with E-state index < -0.39 is 0 Å². The molecule has 0 fully saturated rings. The maximum atomic E-state index is 6.04. The van der Waals surface area contributed by atoms with E-state index in [1.165, 1.54) is 0 Å². The Bertz CT molecular complexity index is 1960. The molecule has 4 aromatic heterocycles. The predicted octanol–water partition coefficient (Wildman–Crippen LogP) is 5.82. The Morgan fingerprint density at radius 1 is 0.633 bits per heavy atom. The molecule has 0 unspecified atom stereocenters. The lowest BCUT2D eigenvalue weighted by Crippen LogP contribution is -2.08. The van der Waals surface area contributed by atoms with Crippen LogP contribution in [-0.4, -0.2) is 71.4 Å². The lowest BCUT2D eigenvalue weighted by molar-refractivity contribution is 0.356. The third-order valence-corrected chi connectivity index (χ3v) is 7.24. The Kier molecular flexibility index (Phi) is 13.7. The minimum Gasteiger partial charge on any atom is -0.493 e. The third kappa shape index (κ3) is 10.1. The molecule has 0 atom stereocenters. The molecular weight excluding hydrogens is 669 g/mol.